The first-order chi connectivity index (χ1) is 12.6. The van der Waals surface area contributed by atoms with Crippen molar-refractivity contribution in [2.75, 3.05) is 13.1 Å². The minimum Gasteiger partial charge on any atom is -0.342 e. The van der Waals surface area contributed by atoms with E-state index in [1.807, 2.05) is 0 Å². The molecule has 0 aromatic rings. The summed E-state index contributed by atoms with van der Waals surface area (Å²) >= 11 is 0. The summed E-state index contributed by atoms with van der Waals surface area (Å²) in [7, 11) is 0. The molecule has 2 heteroatoms. The van der Waals surface area contributed by atoms with Crippen LogP contribution in [0.25, 0.3) is 0 Å². The Balaban J connectivity index is 1.34. The van der Waals surface area contributed by atoms with E-state index in [1.54, 1.807) is 0 Å². The molecule has 1 heterocycles. The van der Waals surface area contributed by atoms with Crippen LogP contribution in [0.4, 0.5) is 0 Å². The maximum atomic E-state index is 13.3. The fourth-order valence-electron chi connectivity index (χ4n) is 8.65. The zero-order chi connectivity index (χ0) is 17.9. The third kappa shape index (κ3) is 2.60. The Bertz CT molecular complexity index is 552. The van der Waals surface area contributed by atoms with Crippen LogP contribution >= 0.6 is 0 Å². The van der Waals surface area contributed by atoms with E-state index in [4.69, 9.17) is 0 Å². The first kappa shape index (κ1) is 17.6. The molecule has 0 spiro atoms. The van der Waals surface area contributed by atoms with Gasteiger partial charge in [0.05, 0.1) is 0 Å². The molecule has 8 atom stereocenters. The zero-order valence-corrected chi connectivity index (χ0v) is 17.1. The molecule has 26 heavy (non-hydrogen) atoms. The molecule has 5 aliphatic rings. The van der Waals surface area contributed by atoms with Gasteiger partial charge in [0.2, 0.25) is 5.91 Å². The van der Waals surface area contributed by atoms with Gasteiger partial charge in [0.15, 0.2) is 0 Å². The monoisotopic (exact) mass is 357 g/mol. The van der Waals surface area contributed by atoms with Crippen LogP contribution in [-0.2, 0) is 4.79 Å². The van der Waals surface area contributed by atoms with Crippen molar-refractivity contribution in [2.45, 2.75) is 84.5 Å². The average Bonchev–Trinajstić information content (AvgIpc) is 3.28. The smallest absolute Gasteiger partial charge is 0.226 e. The molecule has 1 aliphatic heterocycles. The first-order valence-electron chi connectivity index (χ1n) is 11.9. The van der Waals surface area contributed by atoms with Crippen LogP contribution in [0.3, 0.4) is 0 Å². The Kier molecular flexibility index (Phi) is 4.40. The number of hydrogen-bond donors (Lipinski definition) is 0. The van der Waals surface area contributed by atoms with Crippen molar-refractivity contribution in [3.05, 3.63) is 0 Å². The van der Waals surface area contributed by atoms with E-state index in [0.29, 0.717) is 17.2 Å². The fraction of sp³-hybridized carbons (Fsp3) is 0.958. The lowest BCUT2D eigenvalue weighted by Crippen LogP contribution is -2.50. The number of fused-ring (bicyclic) bond motifs is 5. The standard InChI is InChI=1S/C24H39NO/c1-16-5-7-18-17(15-16)6-8-20-19(18)11-12-24(2)21(20)9-10-22(24)23(26)25-13-3-4-14-25/h16-22H,3-15H2,1-2H3/t16?,17?,18?,19?,20?,21?,22-,24?/m1/s1. The summed E-state index contributed by atoms with van der Waals surface area (Å²) in [6.07, 6.45) is 15.2. The van der Waals surface area contributed by atoms with Gasteiger partial charge in [-0.2, -0.15) is 0 Å². The number of rotatable bonds is 1. The molecule has 4 saturated carbocycles. The van der Waals surface area contributed by atoms with Crippen molar-refractivity contribution in [3.8, 4) is 0 Å². The summed E-state index contributed by atoms with van der Waals surface area (Å²) in [5.41, 5.74) is 0.315. The van der Waals surface area contributed by atoms with Crippen molar-refractivity contribution in [3.63, 3.8) is 0 Å². The molecule has 4 aliphatic carbocycles. The van der Waals surface area contributed by atoms with Crippen LogP contribution < -0.4 is 0 Å². The molecular weight excluding hydrogens is 318 g/mol. The highest BCUT2D eigenvalue weighted by Crippen LogP contribution is 2.64. The van der Waals surface area contributed by atoms with E-state index in [1.165, 1.54) is 70.6 Å². The van der Waals surface area contributed by atoms with Crippen molar-refractivity contribution in [2.24, 2.45) is 46.8 Å². The quantitative estimate of drug-likeness (QED) is 0.605. The Hall–Kier alpha value is -0.530. The molecule has 0 radical (unpaired) electrons. The molecule has 0 aromatic carbocycles. The Morgan fingerprint density at radius 1 is 0.885 bits per heavy atom. The molecule has 1 amide bonds. The van der Waals surface area contributed by atoms with E-state index in [9.17, 15) is 4.79 Å². The van der Waals surface area contributed by atoms with Gasteiger partial charge in [-0.05, 0) is 105 Å². The van der Waals surface area contributed by atoms with Gasteiger partial charge >= 0.3 is 0 Å². The Labute approximate surface area is 160 Å². The highest BCUT2D eigenvalue weighted by Gasteiger charge is 2.58. The predicted molar refractivity (Wildman–Crippen MR) is 106 cm³/mol. The fourth-order valence-corrected chi connectivity index (χ4v) is 8.65. The number of carbonyl (C=O) groups excluding carboxylic acids is 1. The van der Waals surface area contributed by atoms with Gasteiger partial charge < -0.3 is 4.90 Å². The summed E-state index contributed by atoms with van der Waals surface area (Å²) < 4.78 is 0. The van der Waals surface area contributed by atoms with E-state index in [2.05, 4.69) is 18.7 Å². The minimum atomic E-state index is 0.315. The Morgan fingerprint density at radius 2 is 1.65 bits per heavy atom. The third-order valence-corrected chi connectivity index (χ3v) is 9.93. The van der Waals surface area contributed by atoms with Crippen LogP contribution in [0.2, 0.25) is 0 Å². The lowest BCUT2D eigenvalue weighted by atomic mass is 9.49. The predicted octanol–water partition coefficient (Wildman–Crippen LogP) is 5.51. The van der Waals surface area contributed by atoms with Gasteiger partial charge in [-0.1, -0.05) is 20.3 Å². The second-order valence-electron chi connectivity index (χ2n) is 11.1. The van der Waals surface area contributed by atoms with E-state index >= 15 is 0 Å². The van der Waals surface area contributed by atoms with Crippen molar-refractivity contribution >= 4 is 5.91 Å². The van der Waals surface area contributed by atoms with Gasteiger partial charge in [-0.15, -0.1) is 0 Å². The normalized spacial score (nSPS) is 50.8. The summed E-state index contributed by atoms with van der Waals surface area (Å²) in [4.78, 5) is 15.5. The number of amides is 1. The summed E-state index contributed by atoms with van der Waals surface area (Å²) in [5, 5.41) is 0. The molecule has 0 N–H and O–H groups in total. The highest BCUT2D eigenvalue weighted by atomic mass is 16.2. The number of likely N-dealkylation sites (tertiary alicyclic amines) is 1. The second-order valence-corrected chi connectivity index (χ2v) is 11.1. The number of nitrogens with zero attached hydrogens (tertiary/aromatic N) is 1. The molecule has 2 nitrogen and oxygen atoms in total. The number of hydrogen-bond acceptors (Lipinski definition) is 1. The van der Waals surface area contributed by atoms with Gasteiger partial charge in [-0.3, -0.25) is 4.79 Å². The molecule has 5 rings (SSSR count). The first-order valence-corrected chi connectivity index (χ1v) is 11.9. The van der Waals surface area contributed by atoms with Crippen molar-refractivity contribution in [1.29, 1.82) is 0 Å². The summed E-state index contributed by atoms with van der Waals surface area (Å²) in [5.74, 6) is 6.70. The van der Waals surface area contributed by atoms with Crippen LogP contribution in [0.5, 0.6) is 0 Å². The Morgan fingerprint density at radius 3 is 2.46 bits per heavy atom. The zero-order valence-electron chi connectivity index (χ0n) is 17.1. The van der Waals surface area contributed by atoms with Crippen LogP contribution in [-0.4, -0.2) is 23.9 Å². The molecule has 5 fully saturated rings. The second kappa shape index (κ2) is 6.52. The largest absolute Gasteiger partial charge is 0.342 e. The van der Waals surface area contributed by atoms with Gasteiger partial charge in [0.1, 0.15) is 0 Å². The maximum Gasteiger partial charge on any atom is 0.226 e. The lowest BCUT2D eigenvalue weighted by Gasteiger charge is -2.56. The highest BCUT2D eigenvalue weighted by molar-refractivity contribution is 5.80. The molecule has 1 saturated heterocycles. The van der Waals surface area contributed by atoms with Gasteiger partial charge in [0.25, 0.3) is 0 Å². The average molecular weight is 358 g/mol. The van der Waals surface area contributed by atoms with Crippen LogP contribution in [0.1, 0.15) is 84.5 Å². The SMILES string of the molecule is CC1CCC2C(CCC3C2CCC2(C)C3CC[C@@H]2C(=O)N2CCCC2)C1. The summed E-state index contributed by atoms with van der Waals surface area (Å²) in [6, 6.07) is 0. The van der Waals surface area contributed by atoms with E-state index in [-0.39, 0.29) is 0 Å². The molecule has 7 unspecified atom stereocenters. The summed E-state index contributed by atoms with van der Waals surface area (Å²) in [6.45, 7) is 7.06. The van der Waals surface area contributed by atoms with Gasteiger partial charge in [-0.25, -0.2) is 0 Å². The van der Waals surface area contributed by atoms with Crippen molar-refractivity contribution in [1.82, 2.24) is 4.90 Å². The van der Waals surface area contributed by atoms with E-state index in [0.717, 1.165) is 48.6 Å². The topological polar surface area (TPSA) is 20.3 Å². The number of carbonyl (C=O) groups is 1. The molecular formula is C24H39NO. The molecule has 146 valence electrons. The maximum absolute atomic E-state index is 13.3. The minimum absolute atomic E-state index is 0.315. The van der Waals surface area contributed by atoms with E-state index < -0.39 is 0 Å². The van der Waals surface area contributed by atoms with Gasteiger partial charge in [0, 0.05) is 19.0 Å². The molecule has 0 aromatic heterocycles. The van der Waals surface area contributed by atoms with Crippen LogP contribution in [0.15, 0.2) is 0 Å². The molecule has 0 bridgehead atoms. The lowest BCUT2D eigenvalue weighted by molar-refractivity contribution is -0.142. The van der Waals surface area contributed by atoms with Crippen LogP contribution in [0, 0.1) is 46.8 Å². The van der Waals surface area contributed by atoms with Crippen molar-refractivity contribution < 1.29 is 4.79 Å². The third-order valence-electron chi connectivity index (χ3n) is 9.93.